The van der Waals surface area contributed by atoms with Gasteiger partial charge in [-0.2, -0.15) is 0 Å². The van der Waals surface area contributed by atoms with Gasteiger partial charge in [-0.05, 0) is 67.8 Å². The van der Waals surface area contributed by atoms with Gasteiger partial charge in [0.05, 0.1) is 28.4 Å². The molecule has 0 spiro atoms. The number of thiazole rings is 1. The molecule has 0 radical (unpaired) electrons. The monoisotopic (exact) mass is 484 g/mol. The lowest BCUT2D eigenvalue weighted by molar-refractivity contribution is -0.132. The van der Waals surface area contributed by atoms with E-state index in [1.165, 1.54) is 16.2 Å². The Morgan fingerprint density at radius 3 is 2.46 bits per heavy atom. The SMILES string of the molecule is CCOc1ccc(C(O)=C2C(=O)C(=O)N(c3nc4c(C)cc(C)cc4s3)C2c2ccccc2)cc1. The lowest BCUT2D eigenvalue weighted by atomic mass is 9.95. The van der Waals surface area contributed by atoms with E-state index in [1.54, 1.807) is 24.3 Å². The number of hydrogen-bond acceptors (Lipinski definition) is 6. The minimum absolute atomic E-state index is 0.0394. The molecule has 1 aromatic heterocycles. The topological polar surface area (TPSA) is 79.7 Å². The van der Waals surface area contributed by atoms with Crippen LogP contribution in [0.25, 0.3) is 16.0 Å². The molecular formula is C28H24N2O4S. The zero-order valence-electron chi connectivity index (χ0n) is 19.6. The van der Waals surface area contributed by atoms with Crippen LogP contribution in [0.4, 0.5) is 5.13 Å². The van der Waals surface area contributed by atoms with Crippen LogP contribution < -0.4 is 9.64 Å². The van der Waals surface area contributed by atoms with Crippen molar-refractivity contribution in [3.8, 4) is 5.75 Å². The van der Waals surface area contributed by atoms with Gasteiger partial charge in [0, 0.05) is 5.56 Å². The summed E-state index contributed by atoms with van der Waals surface area (Å²) in [6.07, 6.45) is 0. The first-order valence-corrected chi connectivity index (χ1v) is 12.2. The van der Waals surface area contributed by atoms with Gasteiger partial charge in [-0.1, -0.05) is 47.7 Å². The van der Waals surface area contributed by atoms with Crippen LogP contribution in [0.5, 0.6) is 5.75 Å². The summed E-state index contributed by atoms with van der Waals surface area (Å²) in [5, 5.41) is 11.7. The van der Waals surface area contributed by atoms with Crippen molar-refractivity contribution < 1.29 is 19.4 Å². The second kappa shape index (κ2) is 9.00. The molecule has 1 N–H and O–H groups in total. The third kappa shape index (κ3) is 3.98. The van der Waals surface area contributed by atoms with E-state index in [1.807, 2.05) is 63.2 Å². The maximum Gasteiger partial charge on any atom is 0.301 e. The van der Waals surface area contributed by atoms with Gasteiger partial charge in [-0.25, -0.2) is 4.98 Å². The number of aromatic nitrogens is 1. The number of ketones is 1. The molecule has 7 heteroatoms. The first-order valence-electron chi connectivity index (χ1n) is 11.4. The summed E-state index contributed by atoms with van der Waals surface area (Å²) >= 11 is 1.37. The third-order valence-electron chi connectivity index (χ3n) is 6.02. The van der Waals surface area contributed by atoms with Crippen LogP contribution in [0.2, 0.25) is 0 Å². The number of carbonyl (C=O) groups excluding carboxylic acids is 2. The highest BCUT2D eigenvalue weighted by atomic mass is 32.1. The lowest BCUT2D eigenvalue weighted by Gasteiger charge is -2.22. The normalized spacial score (nSPS) is 17.3. The van der Waals surface area contributed by atoms with E-state index in [0.29, 0.717) is 28.6 Å². The molecular weight excluding hydrogens is 460 g/mol. The Bertz CT molecular complexity index is 1470. The fourth-order valence-electron chi connectivity index (χ4n) is 4.47. The van der Waals surface area contributed by atoms with Gasteiger partial charge in [0.2, 0.25) is 0 Å². The predicted octanol–water partition coefficient (Wildman–Crippen LogP) is 5.94. The molecule has 1 atom stereocenters. The maximum atomic E-state index is 13.4. The first-order chi connectivity index (χ1) is 16.9. The molecule has 0 aliphatic carbocycles. The van der Waals surface area contributed by atoms with E-state index < -0.39 is 17.7 Å². The van der Waals surface area contributed by atoms with Gasteiger partial charge >= 0.3 is 5.91 Å². The number of aryl methyl sites for hydroxylation is 2. The van der Waals surface area contributed by atoms with Crippen molar-refractivity contribution in [2.75, 3.05) is 11.5 Å². The van der Waals surface area contributed by atoms with Gasteiger partial charge in [-0.3, -0.25) is 14.5 Å². The molecule has 5 rings (SSSR count). The number of amides is 1. The number of carbonyl (C=O) groups is 2. The summed E-state index contributed by atoms with van der Waals surface area (Å²) in [6.45, 7) is 6.40. The minimum Gasteiger partial charge on any atom is -0.507 e. The minimum atomic E-state index is -0.801. The van der Waals surface area contributed by atoms with E-state index >= 15 is 0 Å². The number of fused-ring (bicyclic) bond motifs is 1. The molecule has 1 aliphatic rings. The van der Waals surface area contributed by atoms with Gasteiger partial charge in [0.15, 0.2) is 5.13 Å². The van der Waals surface area contributed by atoms with E-state index in [9.17, 15) is 14.7 Å². The van der Waals surface area contributed by atoms with Crippen molar-refractivity contribution in [3.63, 3.8) is 0 Å². The van der Waals surface area contributed by atoms with Crippen molar-refractivity contribution in [2.45, 2.75) is 26.8 Å². The van der Waals surface area contributed by atoms with E-state index in [4.69, 9.17) is 9.72 Å². The fourth-order valence-corrected chi connectivity index (χ4v) is 5.64. The Labute approximate surface area is 207 Å². The van der Waals surface area contributed by atoms with Crippen LogP contribution in [0.1, 0.15) is 35.2 Å². The molecule has 4 aromatic rings. The second-order valence-electron chi connectivity index (χ2n) is 8.46. The largest absolute Gasteiger partial charge is 0.507 e. The summed E-state index contributed by atoms with van der Waals surface area (Å²) in [5.41, 5.74) is 4.09. The molecule has 176 valence electrons. The quantitative estimate of drug-likeness (QED) is 0.215. The number of ether oxygens (including phenoxy) is 1. The molecule has 35 heavy (non-hydrogen) atoms. The van der Waals surface area contributed by atoms with Crippen molar-refractivity contribution in [2.24, 2.45) is 0 Å². The van der Waals surface area contributed by atoms with Crippen molar-refractivity contribution in [1.82, 2.24) is 4.98 Å². The maximum absolute atomic E-state index is 13.4. The van der Waals surface area contributed by atoms with Crippen LogP contribution in [-0.2, 0) is 9.59 Å². The Kier molecular flexibility index (Phi) is 5.86. The summed E-state index contributed by atoms with van der Waals surface area (Å²) < 4.78 is 6.42. The molecule has 1 aliphatic heterocycles. The van der Waals surface area contributed by atoms with Gasteiger partial charge in [0.25, 0.3) is 5.78 Å². The summed E-state index contributed by atoms with van der Waals surface area (Å²) in [5.74, 6) is -1.02. The Balaban J connectivity index is 1.68. The van der Waals surface area contributed by atoms with Crippen LogP contribution in [-0.4, -0.2) is 28.4 Å². The van der Waals surface area contributed by atoms with E-state index in [0.717, 1.165) is 21.3 Å². The van der Waals surface area contributed by atoms with Gasteiger partial charge in [0.1, 0.15) is 11.5 Å². The third-order valence-corrected chi connectivity index (χ3v) is 7.02. The lowest BCUT2D eigenvalue weighted by Crippen LogP contribution is -2.29. The smallest absolute Gasteiger partial charge is 0.301 e. The van der Waals surface area contributed by atoms with Crippen molar-refractivity contribution >= 4 is 44.1 Å². The number of anilines is 1. The first kappa shape index (κ1) is 22.8. The van der Waals surface area contributed by atoms with E-state index in [2.05, 4.69) is 0 Å². The van der Waals surface area contributed by atoms with Crippen LogP contribution in [0.3, 0.4) is 0 Å². The van der Waals surface area contributed by atoms with Crippen molar-refractivity contribution in [1.29, 1.82) is 0 Å². The molecule has 1 saturated heterocycles. The fraction of sp³-hybridized carbons (Fsp3) is 0.179. The standard InChI is InChI=1S/C28H24N2O4S/c1-4-34-20-12-10-19(11-13-20)25(31)22-24(18-8-6-5-7-9-18)30(27(33)26(22)32)28-29-23-17(3)14-16(2)15-21(23)35-28/h5-15,24,31H,4H2,1-3H3. The van der Waals surface area contributed by atoms with Crippen LogP contribution >= 0.6 is 11.3 Å². The average Bonchev–Trinajstić information content (AvgIpc) is 3.38. The van der Waals surface area contributed by atoms with Crippen LogP contribution in [0.15, 0.2) is 72.3 Å². The predicted molar refractivity (Wildman–Crippen MR) is 138 cm³/mol. The number of aliphatic hydroxyl groups is 1. The zero-order chi connectivity index (χ0) is 24.7. The summed E-state index contributed by atoms with van der Waals surface area (Å²) in [4.78, 5) is 32.9. The molecule has 2 heterocycles. The number of aliphatic hydroxyl groups excluding tert-OH is 1. The Morgan fingerprint density at radius 1 is 1.06 bits per heavy atom. The molecule has 1 unspecified atom stereocenters. The second-order valence-corrected chi connectivity index (χ2v) is 9.47. The summed E-state index contributed by atoms with van der Waals surface area (Å²) in [6, 6.07) is 19.3. The Morgan fingerprint density at radius 2 is 1.77 bits per heavy atom. The zero-order valence-corrected chi connectivity index (χ0v) is 20.4. The molecule has 1 amide bonds. The molecule has 0 bridgehead atoms. The van der Waals surface area contributed by atoms with Crippen LogP contribution in [0, 0.1) is 13.8 Å². The number of benzene rings is 3. The van der Waals surface area contributed by atoms with Gasteiger partial charge < -0.3 is 9.84 Å². The van der Waals surface area contributed by atoms with Crippen molar-refractivity contribution in [3.05, 3.63) is 94.6 Å². The highest BCUT2D eigenvalue weighted by Gasteiger charge is 2.48. The number of rotatable bonds is 5. The molecule has 1 fully saturated rings. The van der Waals surface area contributed by atoms with E-state index in [-0.39, 0.29) is 11.3 Å². The number of hydrogen-bond donors (Lipinski definition) is 1. The Hall–Kier alpha value is -3.97. The molecule has 6 nitrogen and oxygen atoms in total. The highest BCUT2D eigenvalue weighted by Crippen LogP contribution is 2.44. The number of nitrogens with zero attached hydrogens (tertiary/aromatic N) is 2. The summed E-state index contributed by atoms with van der Waals surface area (Å²) in [7, 11) is 0. The molecule has 0 saturated carbocycles. The molecule has 3 aromatic carbocycles. The number of Topliss-reactive ketones (excluding diaryl/α,β-unsaturated/α-hetero) is 1. The highest BCUT2D eigenvalue weighted by molar-refractivity contribution is 7.22. The van der Waals surface area contributed by atoms with Gasteiger partial charge in [-0.15, -0.1) is 0 Å². The average molecular weight is 485 g/mol.